The van der Waals surface area contributed by atoms with Crippen LogP contribution in [0.3, 0.4) is 0 Å². The third-order valence-electron chi connectivity index (χ3n) is 10.7. The van der Waals surface area contributed by atoms with E-state index in [1.165, 1.54) is 6.20 Å². The van der Waals surface area contributed by atoms with Crippen LogP contribution in [0.15, 0.2) is 73.3 Å². The summed E-state index contributed by atoms with van der Waals surface area (Å²) in [5, 5.41) is 13.6. The van der Waals surface area contributed by atoms with Crippen LogP contribution < -0.4 is 11.1 Å². The largest absolute Gasteiger partial charge is 0.477 e. The number of hydrogen-bond acceptors (Lipinski definition) is 9. The number of rotatable bonds is 5. The number of hydrogen-bond donors (Lipinski definition) is 5. The Labute approximate surface area is 331 Å². The fourth-order valence-electron chi connectivity index (χ4n) is 8.68. The first-order chi connectivity index (χ1) is 26.8. The summed E-state index contributed by atoms with van der Waals surface area (Å²) in [5.41, 5.74) is 10.7. The average Bonchev–Trinajstić information content (AvgIpc) is 3.76. The number of Topliss-reactive ketones (excluding diaryl/α,β-unsaturated/α-hetero) is 2. The Morgan fingerprint density at radius 3 is 1.56 bits per heavy atom. The van der Waals surface area contributed by atoms with Gasteiger partial charge in [0.2, 0.25) is 0 Å². The van der Waals surface area contributed by atoms with E-state index in [-0.39, 0.29) is 34.0 Å². The Bertz CT molecular complexity index is 2500. The van der Waals surface area contributed by atoms with E-state index in [4.69, 9.17) is 10.8 Å². The molecule has 6 aromatic rings. The number of nitrogens with two attached hydrogens (primary N) is 1. The van der Waals surface area contributed by atoms with Crippen LogP contribution in [0.1, 0.15) is 133 Å². The zero-order valence-corrected chi connectivity index (χ0v) is 33.7. The van der Waals surface area contributed by atoms with Crippen molar-refractivity contribution < 1.29 is 24.3 Å². The molecule has 6 aromatic heterocycles. The van der Waals surface area contributed by atoms with Gasteiger partial charge >= 0.3 is 5.97 Å². The van der Waals surface area contributed by atoms with E-state index in [9.17, 15) is 19.2 Å². The number of carbonyl (C=O) groups is 4. The summed E-state index contributed by atoms with van der Waals surface area (Å²) in [5.74, 6) is -1.14. The second kappa shape index (κ2) is 15.1. The van der Waals surface area contributed by atoms with E-state index in [2.05, 4.69) is 62.9 Å². The highest BCUT2D eigenvalue weighted by Gasteiger charge is 2.47. The number of amides is 1. The first-order valence-corrected chi connectivity index (χ1v) is 18.9. The Hall–Kier alpha value is -6.08. The number of ketones is 2. The molecule has 0 aromatic carbocycles. The molecule has 0 fully saturated rings. The fraction of sp³-hybridized carbons (Fsp3) is 0.364. The number of carboxylic acids is 1. The van der Waals surface area contributed by atoms with Gasteiger partial charge in [0.25, 0.3) is 5.91 Å². The molecule has 296 valence electrons. The van der Waals surface area contributed by atoms with E-state index in [1.807, 2.05) is 64.1 Å². The zero-order valence-electron chi connectivity index (χ0n) is 33.7. The molecule has 1 amide bonds. The van der Waals surface area contributed by atoms with Gasteiger partial charge in [-0.3, -0.25) is 24.4 Å². The number of aromatic nitrogens is 6. The molecule has 13 heteroatoms. The van der Waals surface area contributed by atoms with Gasteiger partial charge < -0.3 is 26.1 Å². The summed E-state index contributed by atoms with van der Waals surface area (Å²) in [4.78, 5) is 72.1. The van der Waals surface area contributed by atoms with Crippen molar-refractivity contribution in [2.75, 3.05) is 0 Å². The van der Waals surface area contributed by atoms with Gasteiger partial charge in [-0.15, -0.1) is 0 Å². The van der Waals surface area contributed by atoms with Crippen molar-refractivity contribution in [3.8, 4) is 0 Å². The molecule has 6 heterocycles. The Kier molecular flexibility index (Phi) is 10.8. The molecule has 0 spiro atoms. The second-order valence-corrected chi connectivity index (χ2v) is 17.4. The maximum atomic E-state index is 12.9. The molecule has 2 aliphatic carbocycles. The third-order valence-corrected chi connectivity index (χ3v) is 10.7. The van der Waals surface area contributed by atoms with Crippen LogP contribution in [0.25, 0.3) is 21.8 Å². The predicted molar refractivity (Wildman–Crippen MR) is 218 cm³/mol. The van der Waals surface area contributed by atoms with E-state index < -0.39 is 16.8 Å². The minimum atomic E-state index is -1.06. The smallest absolute Gasteiger partial charge is 0.354 e. The number of nitrogens with one attached hydrogen (secondary N) is 3. The van der Waals surface area contributed by atoms with Crippen molar-refractivity contribution in [1.29, 1.82) is 0 Å². The van der Waals surface area contributed by atoms with Crippen molar-refractivity contribution in [3.05, 3.63) is 119 Å². The van der Waals surface area contributed by atoms with Crippen molar-refractivity contribution in [1.82, 2.24) is 35.2 Å². The average molecular weight is 771 g/mol. The van der Waals surface area contributed by atoms with Crippen LogP contribution in [0.2, 0.25) is 0 Å². The molecule has 0 radical (unpaired) electrons. The van der Waals surface area contributed by atoms with Gasteiger partial charge in [-0.05, 0) is 71.2 Å². The number of aromatic amines is 2. The Balaban J connectivity index is 0.000000166. The van der Waals surface area contributed by atoms with Gasteiger partial charge in [-0.1, -0.05) is 67.5 Å². The number of pyridine rings is 4. The van der Waals surface area contributed by atoms with Crippen molar-refractivity contribution in [3.63, 3.8) is 0 Å². The van der Waals surface area contributed by atoms with Gasteiger partial charge in [0.1, 0.15) is 11.4 Å². The summed E-state index contributed by atoms with van der Waals surface area (Å²) in [6.45, 7) is 17.2. The summed E-state index contributed by atoms with van der Waals surface area (Å²) in [6.07, 6.45) is 8.04. The normalized spacial score (nSPS) is 17.0. The molecule has 0 atom stereocenters. The van der Waals surface area contributed by atoms with Crippen molar-refractivity contribution in [2.24, 2.45) is 16.6 Å². The first kappa shape index (κ1) is 40.6. The number of fused-ring (bicyclic) bond motifs is 6. The van der Waals surface area contributed by atoms with E-state index in [1.54, 1.807) is 30.7 Å². The third kappa shape index (κ3) is 8.11. The SMILES string of the molecule is CC1(C)CC(C)(C)c2c([nH]c3cnc(C(=O)NCc4ccccn4)cc23)C1=O.CC1(C)CC(C)(C)c2c([nH]c3cnc(C(=O)O)cc23)C1=O.NCc1ccccn1. The molecule has 0 saturated carbocycles. The molecule has 8 rings (SSSR count). The van der Waals surface area contributed by atoms with Gasteiger partial charge in [-0.2, -0.15) is 0 Å². The standard InChI is InChI=1S/C22H24N4O2.C16H18N2O3.C6H8N2/c1-21(2)12-22(3,4)19(27)18-17(21)14-9-15(24-11-16(14)26-18)20(28)25-10-13-7-5-6-8-23-13;1-15(2)7-16(3,4)13(19)12-11(15)8-5-9(14(20)21)17-6-10(8)18-12;7-5-6-3-1-2-4-8-6/h5-9,11,26H,10,12H2,1-4H3,(H,25,28);5-6,18H,7H2,1-4H3,(H,20,21);1-4H,5,7H2. The lowest BCUT2D eigenvalue weighted by Gasteiger charge is -2.39. The van der Waals surface area contributed by atoms with Crippen LogP contribution in [0.4, 0.5) is 0 Å². The molecule has 57 heavy (non-hydrogen) atoms. The number of carbonyl (C=O) groups excluding carboxylic acids is 3. The maximum absolute atomic E-state index is 12.9. The summed E-state index contributed by atoms with van der Waals surface area (Å²) < 4.78 is 0. The lowest BCUT2D eigenvalue weighted by Crippen LogP contribution is -2.39. The second-order valence-electron chi connectivity index (χ2n) is 17.4. The number of carboxylic acid groups (broad SMARTS) is 1. The number of H-pyrrole nitrogens is 2. The van der Waals surface area contributed by atoms with Crippen LogP contribution in [0, 0.1) is 10.8 Å². The van der Waals surface area contributed by atoms with E-state index >= 15 is 0 Å². The van der Waals surface area contributed by atoms with Crippen LogP contribution in [-0.2, 0) is 23.9 Å². The maximum Gasteiger partial charge on any atom is 0.354 e. The van der Waals surface area contributed by atoms with Crippen molar-refractivity contribution >= 4 is 45.2 Å². The number of aromatic carboxylic acids is 1. The summed E-state index contributed by atoms with van der Waals surface area (Å²) in [7, 11) is 0. The quantitative estimate of drug-likeness (QED) is 0.117. The molecular formula is C44H50N8O5. The van der Waals surface area contributed by atoms with Crippen LogP contribution in [-0.4, -0.2) is 58.5 Å². The highest BCUT2D eigenvalue weighted by Crippen LogP contribution is 2.49. The minimum Gasteiger partial charge on any atom is -0.477 e. The monoisotopic (exact) mass is 770 g/mol. The number of nitrogens with zero attached hydrogens (tertiary/aromatic N) is 4. The summed E-state index contributed by atoms with van der Waals surface area (Å²) >= 11 is 0. The Morgan fingerprint density at radius 2 is 1.14 bits per heavy atom. The first-order valence-electron chi connectivity index (χ1n) is 18.9. The zero-order chi connectivity index (χ0) is 41.5. The molecule has 0 aliphatic heterocycles. The van der Waals surface area contributed by atoms with Gasteiger partial charge in [-0.25, -0.2) is 14.8 Å². The van der Waals surface area contributed by atoms with Crippen LogP contribution in [0.5, 0.6) is 0 Å². The molecule has 6 N–H and O–H groups in total. The molecule has 0 unspecified atom stereocenters. The molecular weight excluding hydrogens is 721 g/mol. The van der Waals surface area contributed by atoms with Gasteiger partial charge in [0, 0.05) is 40.5 Å². The molecule has 13 nitrogen and oxygen atoms in total. The van der Waals surface area contributed by atoms with Gasteiger partial charge in [0.15, 0.2) is 11.6 Å². The molecule has 2 aliphatic rings. The summed E-state index contributed by atoms with van der Waals surface area (Å²) in [6, 6.07) is 14.6. The highest BCUT2D eigenvalue weighted by molar-refractivity contribution is 6.09. The molecule has 0 saturated heterocycles. The lowest BCUT2D eigenvalue weighted by molar-refractivity contribution is 0.0689. The van der Waals surface area contributed by atoms with E-state index in [0.29, 0.717) is 35.7 Å². The highest BCUT2D eigenvalue weighted by atomic mass is 16.4. The Morgan fingerprint density at radius 1 is 0.684 bits per heavy atom. The topological polar surface area (TPSA) is 210 Å². The minimum absolute atomic E-state index is 0.00242. The lowest BCUT2D eigenvalue weighted by atomic mass is 9.63. The molecule has 0 bridgehead atoms. The van der Waals surface area contributed by atoms with Crippen molar-refractivity contribution in [2.45, 2.75) is 92.2 Å². The predicted octanol–water partition coefficient (Wildman–Crippen LogP) is 7.47. The van der Waals surface area contributed by atoms with Crippen LogP contribution >= 0.6 is 0 Å². The van der Waals surface area contributed by atoms with E-state index in [0.717, 1.165) is 51.6 Å². The fourth-order valence-corrected chi connectivity index (χ4v) is 8.68. The van der Waals surface area contributed by atoms with Gasteiger partial charge in [0.05, 0.1) is 52.7 Å².